The summed E-state index contributed by atoms with van der Waals surface area (Å²) in [6, 6.07) is 0. The Hall–Kier alpha value is -2.05. The van der Waals surface area contributed by atoms with Gasteiger partial charge in [0.15, 0.2) is 0 Å². The van der Waals surface area contributed by atoms with E-state index < -0.39 is 0 Å². The largest absolute Gasteiger partial charge is 0.339 e. The maximum atomic E-state index is 4.73. The molecule has 0 radical (unpaired) electrons. The second kappa shape index (κ2) is 6.37. The summed E-state index contributed by atoms with van der Waals surface area (Å²) in [5, 5.41) is 17.0. The van der Waals surface area contributed by atoms with Crippen LogP contribution in [0.4, 0.5) is 5.95 Å². The van der Waals surface area contributed by atoms with Crippen molar-refractivity contribution in [3.8, 4) is 0 Å². The van der Waals surface area contributed by atoms with Crippen LogP contribution in [0.3, 0.4) is 0 Å². The fourth-order valence-electron chi connectivity index (χ4n) is 3.09. The van der Waals surface area contributed by atoms with Gasteiger partial charge in [-0.05, 0) is 25.7 Å². The van der Waals surface area contributed by atoms with Crippen molar-refractivity contribution < 1.29 is 0 Å². The number of aryl methyl sites for hydroxylation is 3. The number of rotatable bonds is 4. The molecule has 7 heteroatoms. The van der Waals surface area contributed by atoms with E-state index in [0.29, 0.717) is 5.92 Å². The first kappa shape index (κ1) is 14.9. The average Bonchev–Trinajstić information content (AvgIpc) is 3.00. The van der Waals surface area contributed by atoms with Crippen LogP contribution in [0.1, 0.15) is 49.8 Å². The van der Waals surface area contributed by atoms with E-state index in [9.17, 15) is 0 Å². The topological polar surface area (TPSA) is 72.6 Å². The first-order valence-corrected chi connectivity index (χ1v) is 8.04. The van der Waals surface area contributed by atoms with Gasteiger partial charge in [-0.25, -0.2) is 4.98 Å². The van der Waals surface area contributed by atoms with Gasteiger partial charge in [-0.15, -0.1) is 15.3 Å². The molecule has 1 unspecified atom stereocenters. The predicted octanol–water partition coefficient (Wildman–Crippen LogP) is 1.51. The molecule has 3 rings (SSSR count). The molecule has 0 spiro atoms. The summed E-state index contributed by atoms with van der Waals surface area (Å²) >= 11 is 0. The summed E-state index contributed by atoms with van der Waals surface area (Å²) in [6.07, 6.45) is 5.77. The minimum absolute atomic E-state index is 0.376. The van der Waals surface area contributed by atoms with Gasteiger partial charge in [-0.1, -0.05) is 13.8 Å². The Labute approximate surface area is 130 Å². The van der Waals surface area contributed by atoms with Gasteiger partial charge in [0.2, 0.25) is 5.95 Å². The summed E-state index contributed by atoms with van der Waals surface area (Å²) in [5.41, 5.74) is 2.07. The summed E-state index contributed by atoms with van der Waals surface area (Å²) in [5.74, 6) is 2.17. The first-order chi connectivity index (χ1) is 10.7. The van der Waals surface area contributed by atoms with Gasteiger partial charge in [-0.2, -0.15) is 5.10 Å². The Balaban J connectivity index is 1.81. The molecule has 0 aromatic carbocycles. The minimum atomic E-state index is 0.376. The number of nitrogens with zero attached hydrogens (tertiary/aromatic N) is 7. The number of hydrogen-bond acceptors (Lipinski definition) is 6. The lowest BCUT2D eigenvalue weighted by atomic mass is 9.97. The lowest BCUT2D eigenvalue weighted by Crippen LogP contribution is -2.36. The zero-order chi connectivity index (χ0) is 15.5. The van der Waals surface area contributed by atoms with Crippen LogP contribution >= 0.6 is 0 Å². The van der Waals surface area contributed by atoms with Gasteiger partial charge in [0.25, 0.3) is 0 Å². The highest BCUT2D eigenvalue weighted by Crippen LogP contribution is 2.27. The van der Waals surface area contributed by atoms with E-state index in [1.54, 1.807) is 6.33 Å². The third-order valence-corrected chi connectivity index (χ3v) is 4.31. The van der Waals surface area contributed by atoms with Crippen LogP contribution in [-0.2, 0) is 19.9 Å². The SMILES string of the molecule is CCc1nnc(N2CCCC(c3nncn3C)C2)nc1CC. The van der Waals surface area contributed by atoms with Crippen molar-refractivity contribution in [2.75, 3.05) is 18.0 Å². The van der Waals surface area contributed by atoms with Crippen LogP contribution in [0.25, 0.3) is 0 Å². The van der Waals surface area contributed by atoms with Gasteiger partial charge in [-0.3, -0.25) is 0 Å². The molecular weight excluding hydrogens is 278 g/mol. The molecule has 1 aliphatic heterocycles. The molecule has 0 N–H and O–H groups in total. The molecule has 2 aromatic rings. The Morgan fingerprint density at radius 2 is 1.95 bits per heavy atom. The Kier molecular flexibility index (Phi) is 4.31. The molecule has 1 aliphatic rings. The number of hydrogen-bond donors (Lipinski definition) is 0. The lowest BCUT2D eigenvalue weighted by Gasteiger charge is -2.32. The third kappa shape index (κ3) is 2.80. The van der Waals surface area contributed by atoms with Gasteiger partial charge in [0.1, 0.15) is 12.2 Å². The van der Waals surface area contributed by atoms with Crippen LogP contribution < -0.4 is 4.90 Å². The lowest BCUT2D eigenvalue weighted by molar-refractivity contribution is 0.472. The molecule has 0 saturated carbocycles. The van der Waals surface area contributed by atoms with Gasteiger partial charge in [0, 0.05) is 26.1 Å². The van der Waals surface area contributed by atoms with Crippen LogP contribution in [0, 0.1) is 0 Å². The fourth-order valence-corrected chi connectivity index (χ4v) is 3.09. The summed E-state index contributed by atoms with van der Waals surface area (Å²) in [7, 11) is 2.00. The second-order valence-electron chi connectivity index (χ2n) is 5.80. The van der Waals surface area contributed by atoms with E-state index >= 15 is 0 Å². The van der Waals surface area contributed by atoms with Gasteiger partial charge in [0.05, 0.1) is 11.4 Å². The Bertz CT molecular complexity index is 637. The fraction of sp³-hybridized carbons (Fsp3) is 0.667. The van der Waals surface area contributed by atoms with Crippen LogP contribution in [-0.4, -0.2) is 43.0 Å². The maximum absolute atomic E-state index is 4.73. The number of anilines is 1. The molecule has 1 saturated heterocycles. The second-order valence-corrected chi connectivity index (χ2v) is 5.80. The molecule has 0 amide bonds. The molecule has 2 aromatic heterocycles. The van der Waals surface area contributed by atoms with Crippen LogP contribution in [0.15, 0.2) is 6.33 Å². The average molecular weight is 301 g/mol. The third-order valence-electron chi connectivity index (χ3n) is 4.31. The van der Waals surface area contributed by atoms with E-state index in [1.807, 2.05) is 11.6 Å². The van der Waals surface area contributed by atoms with Crippen molar-refractivity contribution in [3.05, 3.63) is 23.5 Å². The summed E-state index contributed by atoms with van der Waals surface area (Å²) in [4.78, 5) is 6.96. The van der Waals surface area contributed by atoms with Gasteiger partial charge < -0.3 is 9.47 Å². The predicted molar refractivity (Wildman–Crippen MR) is 83.8 cm³/mol. The molecule has 1 atom stereocenters. The highest BCUT2D eigenvalue weighted by Gasteiger charge is 2.26. The van der Waals surface area contributed by atoms with Crippen LogP contribution in [0.5, 0.6) is 0 Å². The Morgan fingerprint density at radius 1 is 1.14 bits per heavy atom. The molecular formula is C15H23N7. The smallest absolute Gasteiger partial charge is 0.245 e. The minimum Gasteiger partial charge on any atom is -0.339 e. The quantitative estimate of drug-likeness (QED) is 0.852. The normalized spacial score (nSPS) is 18.7. The molecule has 1 fully saturated rings. The van der Waals surface area contributed by atoms with E-state index in [0.717, 1.165) is 61.9 Å². The monoisotopic (exact) mass is 301 g/mol. The van der Waals surface area contributed by atoms with Crippen molar-refractivity contribution >= 4 is 5.95 Å². The van der Waals surface area contributed by atoms with Crippen molar-refractivity contribution in [2.24, 2.45) is 7.05 Å². The van der Waals surface area contributed by atoms with Crippen molar-refractivity contribution in [3.63, 3.8) is 0 Å². The first-order valence-electron chi connectivity index (χ1n) is 8.04. The molecule has 3 heterocycles. The molecule has 118 valence electrons. The van der Waals surface area contributed by atoms with Crippen molar-refractivity contribution in [1.82, 2.24) is 29.9 Å². The van der Waals surface area contributed by atoms with E-state index in [4.69, 9.17) is 4.98 Å². The van der Waals surface area contributed by atoms with Gasteiger partial charge >= 0.3 is 0 Å². The number of aromatic nitrogens is 6. The van der Waals surface area contributed by atoms with Crippen molar-refractivity contribution in [1.29, 1.82) is 0 Å². The molecule has 7 nitrogen and oxygen atoms in total. The molecule has 0 bridgehead atoms. The highest BCUT2D eigenvalue weighted by molar-refractivity contribution is 5.32. The maximum Gasteiger partial charge on any atom is 0.245 e. The van der Waals surface area contributed by atoms with E-state index in [1.165, 1.54) is 0 Å². The van der Waals surface area contributed by atoms with E-state index in [2.05, 4.69) is 39.1 Å². The number of piperidine rings is 1. The van der Waals surface area contributed by atoms with Crippen molar-refractivity contribution in [2.45, 2.75) is 45.4 Å². The highest BCUT2D eigenvalue weighted by atomic mass is 15.3. The standard InChI is InChI=1S/C15H23N7/c1-4-12-13(5-2)18-20-15(17-12)22-8-6-7-11(9-22)14-19-16-10-21(14)3/h10-11H,4-9H2,1-3H3. The summed E-state index contributed by atoms with van der Waals surface area (Å²) < 4.78 is 2.00. The zero-order valence-corrected chi connectivity index (χ0v) is 13.5. The zero-order valence-electron chi connectivity index (χ0n) is 13.5. The summed E-state index contributed by atoms with van der Waals surface area (Å²) in [6.45, 7) is 6.06. The molecule has 0 aliphatic carbocycles. The Morgan fingerprint density at radius 3 is 2.64 bits per heavy atom. The molecule has 22 heavy (non-hydrogen) atoms. The van der Waals surface area contributed by atoms with E-state index in [-0.39, 0.29) is 0 Å². The van der Waals surface area contributed by atoms with Crippen LogP contribution in [0.2, 0.25) is 0 Å².